The van der Waals surface area contributed by atoms with Crippen LogP contribution in [0.1, 0.15) is 46.0 Å². The molecule has 0 unspecified atom stereocenters. The number of fused-ring (bicyclic) bond motifs is 6. The van der Waals surface area contributed by atoms with Crippen molar-refractivity contribution in [3.05, 3.63) is 120 Å². The fraction of sp³-hybridized carbons (Fsp3) is 0.158. The van der Waals surface area contributed by atoms with E-state index in [1.807, 2.05) is 95.4 Å². The highest BCUT2D eigenvalue weighted by molar-refractivity contribution is 5.95. The molecule has 8 aromatic rings. The van der Waals surface area contributed by atoms with Gasteiger partial charge in [0.25, 0.3) is 0 Å². The average molecular weight is 665 g/mol. The second kappa shape index (κ2) is 13.5. The van der Waals surface area contributed by atoms with Gasteiger partial charge in [-0.05, 0) is 64.1 Å². The smallest absolute Gasteiger partial charge is 0.338 e. The predicted octanol–water partition coefficient (Wildman–Crippen LogP) is 6.86. The molecule has 0 spiro atoms. The van der Waals surface area contributed by atoms with Crippen molar-refractivity contribution in [2.45, 2.75) is 27.7 Å². The van der Waals surface area contributed by atoms with Crippen molar-refractivity contribution in [1.29, 1.82) is 0 Å². The Bertz CT molecular complexity index is 2530. The molecule has 0 saturated carbocycles. The highest BCUT2D eigenvalue weighted by Crippen LogP contribution is 2.27. The number of nitrogens with zero attached hydrogens (tertiary/aromatic N) is 8. The van der Waals surface area contributed by atoms with E-state index in [1.54, 1.807) is 38.1 Å². The molecule has 4 heterocycles. The molecule has 0 saturated heterocycles. The van der Waals surface area contributed by atoms with Crippen LogP contribution in [0.4, 0.5) is 0 Å². The monoisotopic (exact) mass is 664 g/mol. The van der Waals surface area contributed by atoms with Crippen LogP contribution < -0.4 is 0 Å². The maximum Gasteiger partial charge on any atom is 0.338 e. The number of ether oxygens (including phenoxy) is 2. The van der Waals surface area contributed by atoms with E-state index in [0.717, 1.165) is 44.9 Å². The lowest BCUT2D eigenvalue weighted by Gasteiger charge is -2.08. The van der Waals surface area contributed by atoms with Crippen LogP contribution in [0.25, 0.3) is 56.1 Å². The number of benzene rings is 4. The van der Waals surface area contributed by atoms with Gasteiger partial charge in [0.15, 0.2) is 22.9 Å². The Morgan fingerprint density at radius 2 is 1.04 bits per heavy atom. The minimum Gasteiger partial charge on any atom is -0.462 e. The SMILES string of the molecule is CCOC(=O)c1ccc2c(c1)nc(C)c1nnc(-c3ccccc3)n12.CCOC(=O)c1ccc2nc(C)c3nnc(-c4ccccc4)n3c2c1. The van der Waals surface area contributed by atoms with Crippen LogP contribution in [-0.2, 0) is 9.47 Å². The Balaban J connectivity index is 0.000000157. The molecule has 4 aromatic heterocycles. The van der Waals surface area contributed by atoms with E-state index in [2.05, 4.69) is 30.4 Å². The van der Waals surface area contributed by atoms with Crippen LogP contribution in [0.15, 0.2) is 97.1 Å². The zero-order chi connectivity index (χ0) is 34.8. The molecule has 12 nitrogen and oxygen atoms in total. The number of hydrogen-bond donors (Lipinski definition) is 0. The first-order chi connectivity index (χ1) is 24.4. The Hall–Kier alpha value is -6.56. The van der Waals surface area contributed by atoms with Crippen LogP contribution in [0, 0.1) is 13.8 Å². The van der Waals surface area contributed by atoms with E-state index in [4.69, 9.17) is 9.47 Å². The van der Waals surface area contributed by atoms with Gasteiger partial charge in [0.1, 0.15) is 0 Å². The summed E-state index contributed by atoms with van der Waals surface area (Å²) in [5.74, 6) is 0.755. The van der Waals surface area contributed by atoms with Gasteiger partial charge in [0, 0.05) is 11.1 Å². The van der Waals surface area contributed by atoms with Crippen molar-refractivity contribution in [2.24, 2.45) is 0 Å². The molecule has 0 aliphatic heterocycles. The standard InChI is InChI=1S/2C19H16N4O2/c1-3-25-19(24)14-9-10-16-15(11-14)20-12(2)17-21-22-18(23(16)17)13-7-5-4-6-8-13;1-3-25-19(24)14-9-10-15-16(11-14)23-17(12(2)20-15)21-22-18(23)13-7-5-4-6-8-13/h2*4-11H,3H2,1-2H3. The van der Waals surface area contributed by atoms with Crippen molar-refractivity contribution < 1.29 is 19.1 Å². The zero-order valence-corrected chi connectivity index (χ0v) is 27.9. The fourth-order valence-electron chi connectivity index (χ4n) is 5.79. The Morgan fingerprint density at radius 3 is 1.58 bits per heavy atom. The van der Waals surface area contributed by atoms with Gasteiger partial charge >= 0.3 is 11.9 Å². The number of aryl methyl sites for hydroxylation is 2. The molecule has 248 valence electrons. The molecule has 50 heavy (non-hydrogen) atoms. The fourth-order valence-corrected chi connectivity index (χ4v) is 5.79. The van der Waals surface area contributed by atoms with Crippen molar-refractivity contribution in [2.75, 3.05) is 13.2 Å². The van der Waals surface area contributed by atoms with Gasteiger partial charge in [-0.1, -0.05) is 60.7 Å². The van der Waals surface area contributed by atoms with Crippen molar-refractivity contribution in [1.82, 2.24) is 39.2 Å². The minimum absolute atomic E-state index is 0.334. The lowest BCUT2D eigenvalue weighted by Crippen LogP contribution is -2.06. The van der Waals surface area contributed by atoms with Crippen molar-refractivity contribution >= 4 is 45.3 Å². The number of carbonyl (C=O) groups is 2. The molecule has 0 bridgehead atoms. The number of hydrogen-bond acceptors (Lipinski definition) is 10. The van der Waals surface area contributed by atoms with Gasteiger partial charge in [-0.15, -0.1) is 20.4 Å². The van der Waals surface area contributed by atoms with E-state index >= 15 is 0 Å². The van der Waals surface area contributed by atoms with E-state index < -0.39 is 0 Å². The third-order valence-corrected chi connectivity index (χ3v) is 8.07. The van der Waals surface area contributed by atoms with Crippen LogP contribution in [0.3, 0.4) is 0 Å². The van der Waals surface area contributed by atoms with Crippen LogP contribution in [-0.4, -0.2) is 64.3 Å². The quantitative estimate of drug-likeness (QED) is 0.173. The lowest BCUT2D eigenvalue weighted by molar-refractivity contribution is 0.0517. The lowest BCUT2D eigenvalue weighted by atomic mass is 10.1. The molecule has 4 aromatic carbocycles. The third-order valence-electron chi connectivity index (χ3n) is 8.07. The summed E-state index contributed by atoms with van der Waals surface area (Å²) >= 11 is 0. The summed E-state index contributed by atoms with van der Waals surface area (Å²) in [7, 11) is 0. The number of esters is 2. The first kappa shape index (κ1) is 32.0. The first-order valence-corrected chi connectivity index (χ1v) is 16.1. The zero-order valence-electron chi connectivity index (χ0n) is 27.9. The topological polar surface area (TPSA) is 139 Å². The Morgan fingerprint density at radius 1 is 0.560 bits per heavy atom. The average Bonchev–Trinajstić information content (AvgIpc) is 3.80. The molecule has 0 aliphatic carbocycles. The van der Waals surface area contributed by atoms with Gasteiger partial charge in [-0.25, -0.2) is 19.6 Å². The molecule has 0 fully saturated rings. The Labute approximate surface area is 286 Å². The second-order valence-corrected chi connectivity index (χ2v) is 11.3. The van der Waals surface area contributed by atoms with Gasteiger partial charge < -0.3 is 9.47 Å². The summed E-state index contributed by atoms with van der Waals surface area (Å²) in [4.78, 5) is 33.3. The predicted molar refractivity (Wildman–Crippen MR) is 189 cm³/mol. The van der Waals surface area contributed by atoms with E-state index in [-0.39, 0.29) is 11.9 Å². The normalized spacial score (nSPS) is 11.1. The highest BCUT2D eigenvalue weighted by Gasteiger charge is 2.18. The molecule has 0 amide bonds. The number of carbonyl (C=O) groups excluding carboxylic acids is 2. The molecular weight excluding hydrogens is 632 g/mol. The molecule has 8 rings (SSSR count). The van der Waals surface area contributed by atoms with Crippen molar-refractivity contribution in [3.8, 4) is 22.8 Å². The highest BCUT2D eigenvalue weighted by atomic mass is 16.5. The Kier molecular flexibility index (Phi) is 8.65. The summed E-state index contributed by atoms with van der Waals surface area (Å²) in [6.45, 7) is 8.03. The third kappa shape index (κ3) is 5.87. The summed E-state index contributed by atoms with van der Waals surface area (Å²) in [5, 5.41) is 17.3. The largest absolute Gasteiger partial charge is 0.462 e. The van der Waals surface area contributed by atoms with Crippen LogP contribution >= 0.6 is 0 Å². The maximum absolute atomic E-state index is 12.1. The summed E-state index contributed by atoms with van der Waals surface area (Å²) in [6, 6.07) is 30.4. The van der Waals surface area contributed by atoms with E-state index in [1.165, 1.54) is 0 Å². The second-order valence-electron chi connectivity index (χ2n) is 11.3. The number of aromatic nitrogens is 8. The van der Waals surface area contributed by atoms with Crippen LogP contribution in [0.2, 0.25) is 0 Å². The molecular formula is C38H32N8O4. The van der Waals surface area contributed by atoms with Gasteiger partial charge in [-0.3, -0.25) is 8.80 Å². The summed E-state index contributed by atoms with van der Waals surface area (Å²) in [5.41, 5.74) is 8.88. The van der Waals surface area contributed by atoms with Crippen LogP contribution in [0.5, 0.6) is 0 Å². The van der Waals surface area contributed by atoms with Gasteiger partial charge in [0.05, 0.1) is 57.8 Å². The van der Waals surface area contributed by atoms with E-state index in [9.17, 15) is 9.59 Å². The maximum atomic E-state index is 12.1. The van der Waals surface area contributed by atoms with Gasteiger partial charge in [0.2, 0.25) is 0 Å². The molecule has 0 aliphatic rings. The number of rotatable bonds is 6. The summed E-state index contributed by atoms with van der Waals surface area (Å²) in [6.07, 6.45) is 0. The molecule has 0 N–H and O–H groups in total. The van der Waals surface area contributed by atoms with E-state index in [0.29, 0.717) is 47.0 Å². The first-order valence-electron chi connectivity index (χ1n) is 16.1. The molecule has 0 atom stereocenters. The summed E-state index contributed by atoms with van der Waals surface area (Å²) < 4.78 is 14.1. The van der Waals surface area contributed by atoms with Gasteiger partial charge in [-0.2, -0.15) is 0 Å². The van der Waals surface area contributed by atoms with Crippen molar-refractivity contribution in [3.63, 3.8) is 0 Å². The molecule has 0 radical (unpaired) electrons. The molecule has 12 heteroatoms. The minimum atomic E-state index is -0.354.